The number of nitrogens with one attached hydrogen (secondary N) is 1. The third-order valence-corrected chi connectivity index (χ3v) is 3.51. The summed E-state index contributed by atoms with van der Waals surface area (Å²) in [5.41, 5.74) is 1.76. The van der Waals surface area contributed by atoms with E-state index < -0.39 is 0 Å². The molecular formula is C13H17NO. The molecule has 1 spiro atoms. The van der Waals surface area contributed by atoms with Crippen LogP contribution in [0.4, 0.5) is 0 Å². The van der Waals surface area contributed by atoms with Crippen LogP contribution in [0.5, 0.6) is 0 Å². The zero-order valence-electron chi connectivity index (χ0n) is 8.91. The van der Waals surface area contributed by atoms with Crippen LogP contribution in [-0.2, 0) is 11.3 Å². The van der Waals surface area contributed by atoms with Crippen molar-refractivity contribution in [2.24, 2.45) is 0 Å². The molecule has 1 aromatic carbocycles. The largest absolute Gasteiger partial charge is 0.372 e. The Bertz CT molecular complexity index is 332. The van der Waals surface area contributed by atoms with Crippen LogP contribution in [-0.4, -0.2) is 18.2 Å². The first-order chi connectivity index (χ1) is 7.36. The molecule has 1 N–H and O–H groups in total. The zero-order chi connectivity index (χ0) is 10.1. The van der Waals surface area contributed by atoms with Gasteiger partial charge in [-0.2, -0.15) is 0 Å². The van der Waals surface area contributed by atoms with Gasteiger partial charge in [-0.15, -0.1) is 0 Å². The van der Waals surface area contributed by atoms with Crippen molar-refractivity contribution in [1.29, 1.82) is 0 Å². The second-order valence-corrected chi connectivity index (χ2v) is 4.78. The third-order valence-electron chi connectivity index (χ3n) is 3.51. The highest BCUT2D eigenvalue weighted by Gasteiger charge is 2.48. The summed E-state index contributed by atoms with van der Waals surface area (Å²) < 4.78 is 5.90. The Hall–Kier alpha value is -0.860. The van der Waals surface area contributed by atoms with Crippen molar-refractivity contribution in [2.45, 2.75) is 37.5 Å². The fourth-order valence-electron chi connectivity index (χ4n) is 2.35. The van der Waals surface area contributed by atoms with Gasteiger partial charge in [-0.3, -0.25) is 0 Å². The molecule has 1 aliphatic heterocycles. The van der Waals surface area contributed by atoms with Gasteiger partial charge >= 0.3 is 0 Å². The smallest absolute Gasteiger partial charge is 0.0721 e. The molecule has 1 aliphatic carbocycles. The van der Waals surface area contributed by atoms with Crippen LogP contribution in [0.15, 0.2) is 30.3 Å². The van der Waals surface area contributed by atoms with Crippen molar-refractivity contribution in [3.05, 3.63) is 35.9 Å². The Balaban J connectivity index is 1.51. The maximum atomic E-state index is 5.90. The van der Waals surface area contributed by atoms with Crippen molar-refractivity contribution in [3.63, 3.8) is 0 Å². The van der Waals surface area contributed by atoms with E-state index in [0.717, 1.165) is 13.2 Å². The molecule has 2 aliphatic rings. The highest BCUT2D eigenvalue weighted by Crippen LogP contribution is 2.43. The average Bonchev–Trinajstić information content (AvgIpc) is 2.90. The molecule has 1 atom stereocenters. The van der Waals surface area contributed by atoms with E-state index in [9.17, 15) is 0 Å². The van der Waals surface area contributed by atoms with Crippen LogP contribution in [0.1, 0.15) is 24.8 Å². The molecule has 1 heterocycles. The molecule has 1 unspecified atom stereocenters. The first kappa shape index (κ1) is 9.37. The summed E-state index contributed by atoms with van der Waals surface area (Å²) in [6.45, 7) is 1.79. The second kappa shape index (κ2) is 3.62. The van der Waals surface area contributed by atoms with E-state index >= 15 is 0 Å². The lowest BCUT2D eigenvalue weighted by atomic mass is 10.2. The number of rotatable bonds is 3. The normalized spacial score (nSPS) is 27.1. The second-order valence-electron chi connectivity index (χ2n) is 4.78. The van der Waals surface area contributed by atoms with E-state index in [1.165, 1.54) is 24.8 Å². The van der Waals surface area contributed by atoms with Crippen molar-refractivity contribution >= 4 is 0 Å². The minimum Gasteiger partial charge on any atom is -0.372 e. The molecule has 2 nitrogen and oxygen atoms in total. The molecular weight excluding hydrogens is 186 g/mol. The lowest BCUT2D eigenvalue weighted by Crippen LogP contribution is -2.22. The van der Waals surface area contributed by atoms with Crippen LogP contribution in [0.25, 0.3) is 0 Å². The quantitative estimate of drug-likeness (QED) is 0.812. The van der Waals surface area contributed by atoms with Gasteiger partial charge in [0.15, 0.2) is 0 Å². The molecule has 0 amide bonds. The molecule has 1 saturated carbocycles. The summed E-state index contributed by atoms with van der Waals surface area (Å²) in [5.74, 6) is 0. The Morgan fingerprint density at radius 3 is 2.73 bits per heavy atom. The Labute approximate surface area is 90.6 Å². The molecule has 0 bridgehead atoms. The predicted molar refractivity (Wildman–Crippen MR) is 59.6 cm³/mol. The van der Waals surface area contributed by atoms with E-state index in [0.29, 0.717) is 11.6 Å². The molecule has 3 rings (SSSR count). The van der Waals surface area contributed by atoms with Crippen LogP contribution in [0.2, 0.25) is 0 Å². The summed E-state index contributed by atoms with van der Waals surface area (Å²) in [4.78, 5) is 0. The predicted octanol–water partition coefficient (Wildman–Crippen LogP) is 2.10. The Kier molecular flexibility index (Phi) is 2.26. The van der Waals surface area contributed by atoms with E-state index in [2.05, 4.69) is 29.6 Å². The highest BCUT2D eigenvalue weighted by atomic mass is 16.5. The fraction of sp³-hybridized carbons (Fsp3) is 0.538. The Morgan fingerprint density at radius 2 is 2.07 bits per heavy atom. The number of benzene rings is 1. The molecule has 2 heteroatoms. The highest BCUT2D eigenvalue weighted by molar-refractivity contribution is 5.14. The summed E-state index contributed by atoms with van der Waals surface area (Å²) in [5, 5.41) is 3.57. The number of ether oxygens (including phenoxy) is 1. The van der Waals surface area contributed by atoms with Crippen LogP contribution >= 0.6 is 0 Å². The van der Waals surface area contributed by atoms with Crippen molar-refractivity contribution < 1.29 is 4.74 Å². The molecule has 0 radical (unpaired) electrons. The maximum absolute atomic E-state index is 5.90. The van der Waals surface area contributed by atoms with Gasteiger partial charge in [0, 0.05) is 12.1 Å². The molecule has 0 aromatic heterocycles. The SMILES string of the molecule is c1ccc(COC2CNC3(CC3)C2)cc1. The van der Waals surface area contributed by atoms with Gasteiger partial charge in [0.05, 0.1) is 12.7 Å². The van der Waals surface area contributed by atoms with E-state index in [-0.39, 0.29) is 0 Å². The monoisotopic (exact) mass is 203 g/mol. The number of hydrogen-bond donors (Lipinski definition) is 1. The van der Waals surface area contributed by atoms with Crippen molar-refractivity contribution in [3.8, 4) is 0 Å². The first-order valence-corrected chi connectivity index (χ1v) is 5.77. The molecule has 15 heavy (non-hydrogen) atoms. The maximum Gasteiger partial charge on any atom is 0.0721 e. The first-order valence-electron chi connectivity index (χ1n) is 5.77. The Morgan fingerprint density at radius 1 is 1.27 bits per heavy atom. The minimum atomic E-state index is 0.424. The summed E-state index contributed by atoms with van der Waals surface area (Å²) in [7, 11) is 0. The minimum absolute atomic E-state index is 0.424. The van der Waals surface area contributed by atoms with Gasteiger partial charge in [0.25, 0.3) is 0 Å². The summed E-state index contributed by atoms with van der Waals surface area (Å²) in [6.07, 6.45) is 4.32. The van der Waals surface area contributed by atoms with Crippen LogP contribution in [0, 0.1) is 0 Å². The lowest BCUT2D eigenvalue weighted by Gasteiger charge is -2.10. The topological polar surface area (TPSA) is 21.3 Å². The molecule has 80 valence electrons. The van der Waals surface area contributed by atoms with Crippen molar-refractivity contribution in [2.75, 3.05) is 6.54 Å². The van der Waals surface area contributed by atoms with Gasteiger partial charge < -0.3 is 10.1 Å². The van der Waals surface area contributed by atoms with E-state index in [1.54, 1.807) is 0 Å². The average molecular weight is 203 g/mol. The van der Waals surface area contributed by atoms with Gasteiger partial charge in [-0.25, -0.2) is 0 Å². The lowest BCUT2D eigenvalue weighted by molar-refractivity contribution is 0.0520. The van der Waals surface area contributed by atoms with Crippen LogP contribution < -0.4 is 5.32 Å². The van der Waals surface area contributed by atoms with Gasteiger partial charge in [-0.1, -0.05) is 30.3 Å². The fourth-order valence-corrected chi connectivity index (χ4v) is 2.35. The number of hydrogen-bond acceptors (Lipinski definition) is 2. The standard InChI is InChI=1S/C13H17NO/c1-2-4-11(5-3-1)10-15-12-8-13(6-7-13)14-9-12/h1-5,12,14H,6-10H2. The zero-order valence-corrected chi connectivity index (χ0v) is 8.91. The third kappa shape index (κ3) is 2.06. The van der Waals surface area contributed by atoms with Gasteiger partial charge in [0.1, 0.15) is 0 Å². The van der Waals surface area contributed by atoms with Gasteiger partial charge in [-0.05, 0) is 24.8 Å². The summed E-state index contributed by atoms with van der Waals surface area (Å²) in [6, 6.07) is 10.4. The van der Waals surface area contributed by atoms with Gasteiger partial charge in [0.2, 0.25) is 0 Å². The van der Waals surface area contributed by atoms with E-state index in [1.807, 2.05) is 6.07 Å². The van der Waals surface area contributed by atoms with E-state index in [4.69, 9.17) is 4.74 Å². The molecule has 1 aromatic rings. The molecule has 2 fully saturated rings. The molecule has 1 saturated heterocycles. The summed E-state index contributed by atoms with van der Waals surface area (Å²) >= 11 is 0. The van der Waals surface area contributed by atoms with Crippen LogP contribution in [0.3, 0.4) is 0 Å². The van der Waals surface area contributed by atoms with Crippen molar-refractivity contribution in [1.82, 2.24) is 5.32 Å².